The lowest BCUT2D eigenvalue weighted by Gasteiger charge is -2.47. The average Bonchev–Trinajstić information content (AvgIpc) is 2.48. The van der Waals surface area contributed by atoms with Gasteiger partial charge in [-0.2, -0.15) is 0 Å². The van der Waals surface area contributed by atoms with Gasteiger partial charge in [0.1, 0.15) is 0 Å². The van der Waals surface area contributed by atoms with Gasteiger partial charge in [0.2, 0.25) is 5.91 Å². The van der Waals surface area contributed by atoms with Crippen molar-refractivity contribution in [3.05, 3.63) is 24.0 Å². The number of aryl methyl sites for hydroxylation is 1. The number of carbonyl (C=O) groups is 1. The molecule has 2 heterocycles. The van der Waals surface area contributed by atoms with Gasteiger partial charge in [0.25, 0.3) is 0 Å². The van der Waals surface area contributed by atoms with Gasteiger partial charge in [-0.15, -0.1) is 0 Å². The van der Waals surface area contributed by atoms with E-state index in [4.69, 9.17) is 4.74 Å². The zero-order valence-corrected chi connectivity index (χ0v) is 13.4. The van der Waals surface area contributed by atoms with Crippen LogP contribution in [0.4, 0.5) is 5.69 Å². The van der Waals surface area contributed by atoms with Crippen molar-refractivity contribution >= 4 is 11.6 Å². The number of nitrogens with zero attached hydrogens (tertiary/aromatic N) is 1. The third-order valence-corrected chi connectivity index (χ3v) is 4.90. The van der Waals surface area contributed by atoms with E-state index in [0.717, 1.165) is 30.8 Å². The summed E-state index contributed by atoms with van der Waals surface area (Å²) >= 11 is 0. The summed E-state index contributed by atoms with van der Waals surface area (Å²) in [4.78, 5) is 16.5. The first-order valence-electron chi connectivity index (χ1n) is 8.20. The maximum atomic E-state index is 12.4. The second-order valence-corrected chi connectivity index (χ2v) is 6.59. The monoisotopic (exact) mass is 303 g/mol. The van der Waals surface area contributed by atoms with E-state index in [2.05, 4.69) is 15.6 Å². The van der Waals surface area contributed by atoms with Gasteiger partial charge in [-0.1, -0.05) is 0 Å². The van der Waals surface area contributed by atoms with Crippen LogP contribution in [0.3, 0.4) is 0 Å². The van der Waals surface area contributed by atoms with Crippen LogP contribution in [-0.2, 0) is 9.53 Å². The van der Waals surface area contributed by atoms with Gasteiger partial charge in [0.05, 0.1) is 23.0 Å². The molecule has 1 aliphatic heterocycles. The lowest BCUT2D eigenvalue weighted by atomic mass is 9.74. The molecule has 1 aromatic rings. The number of carbonyl (C=O) groups excluding carboxylic acids is 1. The lowest BCUT2D eigenvalue weighted by molar-refractivity contribution is -0.137. The molecule has 0 aromatic carbocycles. The van der Waals surface area contributed by atoms with Crippen molar-refractivity contribution in [3.63, 3.8) is 0 Å². The molecule has 5 heteroatoms. The van der Waals surface area contributed by atoms with Gasteiger partial charge >= 0.3 is 0 Å². The molecule has 2 fully saturated rings. The highest BCUT2D eigenvalue weighted by molar-refractivity contribution is 5.94. The summed E-state index contributed by atoms with van der Waals surface area (Å²) in [5.41, 5.74) is 1.72. The zero-order chi connectivity index (χ0) is 15.6. The highest BCUT2D eigenvalue weighted by Crippen LogP contribution is 2.42. The molecule has 1 aliphatic carbocycles. The minimum atomic E-state index is -0.222. The number of anilines is 1. The summed E-state index contributed by atoms with van der Waals surface area (Å²) in [7, 11) is 0. The fraction of sp³-hybridized carbons (Fsp3) is 0.647. The van der Waals surface area contributed by atoms with Crippen LogP contribution in [-0.4, -0.2) is 35.2 Å². The van der Waals surface area contributed by atoms with E-state index in [1.165, 1.54) is 19.3 Å². The number of nitrogens with one attached hydrogen (secondary N) is 2. The Morgan fingerprint density at radius 3 is 3.00 bits per heavy atom. The van der Waals surface area contributed by atoms with Crippen molar-refractivity contribution < 1.29 is 9.53 Å². The van der Waals surface area contributed by atoms with Crippen LogP contribution in [0.15, 0.2) is 18.3 Å². The SMILES string of the molecule is Cc1ncccc1NC(=O)[C@H](C)N[C@H]1CCOC2(CCC2)C1. The number of ether oxygens (including phenoxy) is 1. The van der Waals surface area contributed by atoms with E-state index in [1.807, 2.05) is 26.0 Å². The molecular formula is C17H25N3O2. The molecule has 1 saturated heterocycles. The maximum absolute atomic E-state index is 12.4. The Kier molecular flexibility index (Phi) is 4.45. The minimum Gasteiger partial charge on any atom is -0.375 e. The second-order valence-electron chi connectivity index (χ2n) is 6.59. The standard InChI is InChI=1S/C17H25N3O2/c1-12-15(5-3-9-18-12)20-16(21)13(2)19-14-6-10-22-17(11-14)7-4-8-17/h3,5,9,13-14,19H,4,6-8,10-11H2,1-2H3,(H,20,21)/t13-,14-/m0/s1. The number of hydrogen-bond donors (Lipinski definition) is 2. The van der Waals surface area contributed by atoms with E-state index in [-0.39, 0.29) is 17.6 Å². The summed E-state index contributed by atoms with van der Waals surface area (Å²) in [6.07, 6.45) is 7.33. The smallest absolute Gasteiger partial charge is 0.241 e. The minimum absolute atomic E-state index is 0.00903. The van der Waals surface area contributed by atoms with Crippen molar-refractivity contribution in [2.75, 3.05) is 11.9 Å². The van der Waals surface area contributed by atoms with Gasteiger partial charge in [-0.05, 0) is 58.1 Å². The van der Waals surface area contributed by atoms with Crippen molar-refractivity contribution in [2.45, 2.75) is 63.6 Å². The molecule has 1 aromatic heterocycles. The Balaban J connectivity index is 1.54. The summed E-state index contributed by atoms with van der Waals surface area (Å²) < 4.78 is 5.94. The lowest BCUT2D eigenvalue weighted by Crippen LogP contribution is -2.54. The third kappa shape index (κ3) is 3.31. The Morgan fingerprint density at radius 2 is 2.32 bits per heavy atom. The van der Waals surface area contributed by atoms with Crippen LogP contribution in [0.2, 0.25) is 0 Å². The van der Waals surface area contributed by atoms with Crippen LogP contribution >= 0.6 is 0 Å². The van der Waals surface area contributed by atoms with Crippen LogP contribution in [0.25, 0.3) is 0 Å². The van der Waals surface area contributed by atoms with E-state index in [0.29, 0.717) is 6.04 Å². The summed E-state index contributed by atoms with van der Waals surface area (Å²) in [5.74, 6) is -0.00903. The highest BCUT2D eigenvalue weighted by Gasteiger charge is 2.42. The highest BCUT2D eigenvalue weighted by atomic mass is 16.5. The molecule has 3 rings (SSSR count). The molecular weight excluding hydrogens is 278 g/mol. The van der Waals surface area contributed by atoms with Gasteiger partial charge in [0, 0.05) is 18.8 Å². The van der Waals surface area contributed by atoms with E-state index < -0.39 is 0 Å². The van der Waals surface area contributed by atoms with Crippen molar-refractivity contribution in [2.24, 2.45) is 0 Å². The number of hydrogen-bond acceptors (Lipinski definition) is 4. The number of aromatic nitrogens is 1. The molecule has 1 amide bonds. The fourth-order valence-electron chi connectivity index (χ4n) is 3.38. The quantitative estimate of drug-likeness (QED) is 0.896. The second kappa shape index (κ2) is 6.34. The third-order valence-electron chi connectivity index (χ3n) is 4.90. The van der Waals surface area contributed by atoms with Crippen LogP contribution in [0.1, 0.15) is 44.7 Å². The Bertz CT molecular complexity index is 542. The Hall–Kier alpha value is -1.46. The van der Waals surface area contributed by atoms with Crippen molar-refractivity contribution in [1.29, 1.82) is 0 Å². The normalized spacial score (nSPS) is 24.5. The topological polar surface area (TPSA) is 63.2 Å². The predicted octanol–water partition coefficient (Wildman–Crippen LogP) is 2.41. The van der Waals surface area contributed by atoms with Gasteiger partial charge in [-0.25, -0.2) is 0 Å². The first-order chi connectivity index (χ1) is 10.6. The Morgan fingerprint density at radius 1 is 1.50 bits per heavy atom. The molecule has 22 heavy (non-hydrogen) atoms. The molecule has 0 unspecified atom stereocenters. The summed E-state index contributed by atoms with van der Waals surface area (Å²) in [5, 5.41) is 6.42. The first kappa shape index (κ1) is 15.4. The molecule has 1 saturated carbocycles. The molecule has 2 aliphatic rings. The summed E-state index contributed by atoms with van der Waals surface area (Å²) in [6, 6.07) is 3.86. The average molecular weight is 303 g/mol. The Labute approximate surface area is 131 Å². The van der Waals surface area contributed by atoms with Gasteiger partial charge in [-0.3, -0.25) is 9.78 Å². The van der Waals surface area contributed by atoms with E-state index in [9.17, 15) is 4.79 Å². The number of pyridine rings is 1. The molecule has 2 N–H and O–H groups in total. The van der Waals surface area contributed by atoms with Crippen molar-refractivity contribution in [3.8, 4) is 0 Å². The first-order valence-corrected chi connectivity index (χ1v) is 8.20. The molecule has 1 spiro atoms. The van der Waals surface area contributed by atoms with Crippen LogP contribution in [0, 0.1) is 6.92 Å². The summed E-state index contributed by atoms with van der Waals surface area (Å²) in [6.45, 7) is 4.62. The maximum Gasteiger partial charge on any atom is 0.241 e. The molecule has 120 valence electrons. The fourth-order valence-corrected chi connectivity index (χ4v) is 3.38. The predicted molar refractivity (Wildman–Crippen MR) is 85.8 cm³/mol. The van der Waals surface area contributed by atoms with Gasteiger partial charge < -0.3 is 15.4 Å². The molecule has 5 nitrogen and oxygen atoms in total. The number of amides is 1. The van der Waals surface area contributed by atoms with Crippen molar-refractivity contribution in [1.82, 2.24) is 10.3 Å². The van der Waals surface area contributed by atoms with Gasteiger partial charge in [0.15, 0.2) is 0 Å². The zero-order valence-electron chi connectivity index (χ0n) is 13.4. The molecule has 0 bridgehead atoms. The van der Waals surface area contributed by atoms with Crippen LogP contribution in [0.5, 0.6) is 0 Å². The van der Waals surface area contributed by atoms with E-state index >= 15 is 0 Å². The molecule has 0 radical (unpaired) electrons. The number of rotatable bonds is 4. The van der Waals surface area contributed by atoms with E-state index in [1.54, 1.807) is 6.20 Å². The molecule has 2 atom stereocenters. The van der Waals surface area contributed by atoms with Crippen LogP contribution < -0.4 is 10.6 Å². The largest absolute Gasteiger partial charge is 0.375 e.